The van der Waals surface area contributed by atoms with Gasteiger partial charge in [0.2, 0.25) is 6.29 Å². The predicted molar refractivity (Wildman–Crippen MR) is 33.0 cm³/mol. The van der Waals surface area contributed by atoms with Gasteiger partial charge in [0.05, 0.1) is 0 Å². The van der Waals surface area contributed by atoms with Gasteiger partial charge in [-0.3, -0.25) is 9.59 Å². The summed E-state index contributed by atoms with van der Waals surface area (Å²) in [5, 5.41) is 0. The third-order valence-electron chi connectivity index (χ3n) is 0.939. The minimum Gasteiger partial charge on any atom is -0.427 e. The van der Waals surface area contributed by atoms with Crippen molar-refractivity contribution in [2.45, 2.75) is 26.1 Å². The molecule has 4 nitrogen and oxygen atoms in total. The molecular formula is C6H10O4. The fraction of sp³-hybridized carbons (Fsp3) is 0.667. The van der Waals surface area contributed by atoms with E-state index in [1.807, 2.05) is 6.92 Å². The molecule has 0 amide bonds. The summed E-state index contributed by atoms with van der Waals surface area (Å²) in [6.07, 6.45) is 0.629. The minimum atomic E-state index is -0.708. The van der Waals surface area contributed by atoms with Crippen molar-refractivity contribution in [3.05, 3.63) is 0 Å². The highest BCUT2D eigenvalue weighted by atomic mass is 16.7. The molecule has 0 aliphatic heterocycles. The normalized spacial score (nSPS) is 9.00. The van der Waals surface area contributed by atoms with Crippen LogP contribution in [0.4, 0.5) is 0 Å². The molecule has 0 atom stereocenters. The Hall–Kier alpha value is -1.06. The van der Waals surface area contributed by atoms with Gasteiger partial charge in [0.25, 0.3) is 12.9 Å². The van der Waals surface area contributed by atoms with Crippen LogP contribution >= 0.6 is 0 Å². The number of carbonyl (C=O) groups is 2. The van der Waals surface area contributed by atoms with Crippen LogP contribution in [0.5, 0.6) is 0 Å². The van der Waals surface area contributed by atoms with E-state index < -0.39 is 6.29 Å². The summed E-state index contributed by atoms with van der Waals surface area (Å²) in [7, 11) is 0. The number of hydrogen-bond donors (Lipinski definition) is 0. The van der Waals surface area contributed by atoms with E-state index in [0.29, 0.717) is 6.42 Å². The molecule has 0 aliphatic rings. The van der Waals surface area contributed by atoms with E-state index in [2.05, 4.69) is 9.47 Å². The molecule has 0 aromatic carbocycles. The maximum atomic E-state index is 9.75. The molecule has 58 valence electrons. The molecule has 0 bridgehead atoms. The summed E-state index contributed by atoms with van der Waals surface area (Å²) >= 11 is 0. The van der Waals surface area contributed by atoms with Gasteiger partial charge in [-0.05, 0) is 6.42 Å². The second kappa shape index (κ2) is 6.07. The van der Waals surface area contributed by atoms with Crippen molar-refractivity contribution >= 4 is 12.9 Å². The van der Waals surface area contributed by atoms with Crippen LogP contribution in [-0.4, -0.2) is 19.2 Å². The lowest BCUT2D eigenvalue weighted by atomic mass is 10.3. The van der Waals surface area contributed by atoms with Crippen molar-refractivity contribution in [3.8, 4) is 0 Å². The van der Waals surface area contributed by atoms with Crippen LogP contribution in [0.25, 0.3) is 0 Å². The monoisotopic (exact) mass is 146 g/mol. The molecule has 0 spiro atoms. The maximum Gasteiger partial charge on any atom is 0.296 e. The molecule has 0 radical (unpaired) electrons. The number of hydrogen-bond acceptors (Lipinski definition) is 4. The van der Waals surface area contributed by atoms with Crippen molar-refractivity contribution in [3.63, 3.8) is 0 Å². The van der Waals surface area contributed by atoms with Gasteiger partial charge in [-0.1, -0.05) is 6.92 Å². The largest absolute Gasteiger partial charge is 0.427 e. The average Bonchev–Trinajstić information content (AvgIpc) is 1.90. The standard InChI is InChI=1S/C6H10O4/c1-2-3-6(9-4-7)10-5-8/h4-6H,2-3H2,1H3. The van der Waals surface area contributed by atoms with Crippen LogP contribution in [0.15, 0.2) is 0 Å². The molecule has 0 aliphatic carbocycles. The Labute approximate surface area is 59.1 Å². The van der Waals surface area contributed by atoms with E-state index in [1.54, 1.807) is 0 Å². The molecule has 0 heterocycles. The van der Waals surface area contributed by atoms with Gasteiger partial charge in [0, 0.05) is 6.42 Å². The zero-order chi connectivity index (χ0) is 7.82. The van der Waals surface area contributed by atoms with E-state index in [9.17, 15) is 9.59 Å². The Bertz CT molecular complexity index is 91.9. The van der Waals surface area contributed by atoms with Crippen LogP contribution in [0.3, 0.4) is 0 Å². The molecule has 0 rings (SSSR count). The molecule has 4 heteroatoms. The van der Waals surface area contributed by atoms with E-state index in [4.69, 9.17) is 0 Å². The molecule has 0 saturated heterocycles. The van der Waals surface area contributed by atoms with E-state index in [-0.39, 0.29) is 12.9 Å². The summed E-state index contributed by atoms with van der Waals surface area (Å²) in [6.45, 7) is 2.43. The molecular weight excluding hydrogens is 136 g/mol. The zero-order valence-corrected chi connectivity index (χ0v) is 5.78. The first-order valence-electron chi connectivity index (χ1n) is 3.03. The lowest BCUT2D eigenvalue weighted by molar-refractivity contribution is -0.170. The quantitative estimate of drug-likeness (QED) is 0.403. The van der Waals surface area contributed by atoms with Gasteiger partial charge in [0.1, 0.15) is 0 Å². The van der Waals surface area contributed by atoms with Gasteiger partial charge in [-0.25, -0.2) is 0 Å². The van der Waals surface area contributed by atoms with E-state index in [0.717, 1.165) is 6.42 Å². The van der Waals surface area contributed by atoms with E-state index in [1.165, 1.54) is 0 Å². The Morgan fingerprint density at radius 2 is 1.80 bits per heavy atom. The third kappa shape index (κ3) is 3.88. The lowest BCUT2D eigenvalue weighted by Crippen LogP contribution is -2.15. The second-order valence-electron chi connectivity index (χ2n) is 1.68. The van der Waals surface area contributed by atoms with Gasteiger partial charge in [-0.15, -0.1) is 0 Å². The molecule has 0 unspecified atom stereocenters. The lowest BCUT2D eigenvalue weighted by Gasteiger charge is -2.10. The minimum absolute atomic E-state index is 0.268. The van der Waals surface area contributed by atoms with Crippen molar-refractivity contribution < 1.29 is 19.1 Å². The van der Waals surface area contributed by atoms with Gasteiger partial charge < -0.3 is 9.47 Å². The Morgan fingerprint density at radius 1 is 1.30 bits per heavy atom. The zero-order valence-electron chi connectivity index (χ0n) is 5.78. The van der Waals surface area contributed by atoms with Crippen LogP contribution in [0.1, 0.15) is 19.8 Å². The maximum absolute atomic E-state index is 9.75. The molecule has 0 saturated carbocycles. The Morgan fingerprint density at radius 3 is 2.10 bits per heavy atom. The average molecular weight is 146 g/mol. The van der Waals surface area contributed by atoms with Gasteiger partial charge >= 0.3 is 0 Å². The van der Waals surface area contributed by atoms with Crippen molar-refractivity contribution in [2.75, 3.05) is 0 Å². The summed E-state index contributed by atoms with van der Waals surface area (Å²) in [5.74, 6) is 0. The summed E-state index contributed by atoms with van der Waals surface area (Å²) in [4.78, 5) is 19.5. The predicted octanol–water partition coefficient (Wildman–Crippen LogP) is 0.459. The highest BCUT2D eigenvalue weighted by Gasteiger charge is 2.05. The highest BCUT2D eigenvalue weighted by Crippen LogP contribution is 2.00. The van der Waals surface area contributed by atoms with Crippen LogP contribution < -0.4 is 0 Å². The SMILES string of the molecule is CCCC(OC=O)OC=O. The first-order valence-corrected chi connectivity index (χ1v) is 3.03. The van der Waals surface area contributed by atoms with Gasteiger partial charge in [-0.2, -0.15) is 0 Å². The fourth-order valence-electron chi connectivity index (χ4n) is 0.528. The first kappa shape index (κ1) is 8.94. The number of ether oxygens (including phenoxy) is 2. The first-order chi connectivity index (χ1) is 4.85. The summed E-state index contributed by atoms with van der Waals surface area (Å²) in [5.41, 5.74) is 0. The molecule has 10 heavy (non-hydrogen) atoms. The smallest absolute Gasteiger partial charge is 0.296 e. The molecule has 0 N–H and O–H groups in total. The molecule has 0 aromatic heterocycles. The van der Waals surface area contributed by atoms with Crippen LogP contribution in [0.2, 0.25) is 0 Å². The topological polar surface area (TPSA) is 52.6 Å². The fourth-order valence-corrected chi connectivity index (χ4v) is 0.528. The van der Waals surface area contributed by atoms with Crippen molar-refractivity contribution in [1.29, 1.82) is 0 Å². The molecule has 0 aromatic rings. The number of rotatable bonds is 6. The summed E-state index contributed by atoms with van der Waals surface area (Å²) in [6, 6.07) is 0. The van der Waals surface area contributed by atoms with E-state index >= 15 is 0 Å². The third-order valence-corrected chi connectivity index (χ3v) is 0.939. The van der Waals surface area contributed by atoms with Gasteiger partial charge in [0.15, 0.2) is 0 Å². The van der Waals surface area contributed by atoms with Crippen molar-refractivity contribution in [1.82, 2.24) is 0 Å². The molecule has 0 fully saturated rings. The second-order valence-corrected chi connectivity index (χ2v) is 1.68. The van der Waals surface area contributed by atoms with Crippen LogP contribution in [0, 0.1) is 0 Å². The Kier molecular flexibility index (Phi) is 5.42. The highest BCUT2D eigenvalue weighted by molar-refractivity contribution is 5.39. The van der Waals surface area contributed by atoms with Crippen LogP contribution in [-0.2, 0) is 19.1 Å². The number of carbonyl (C=O) groups excluding carboxylic acids is 2. The summed E-state index contributed by atoms with van der Waals surface area (Å²) < 4.78 is 8.78. The van der Waals surface area contributed by atoms with Crippen molar-refractivity contribution in [2.24, 2.45) is 0 Å². The Balaban J connectivity index is 3.48.